The number of nitro groups is 1. The Balaban J connectivity index is 2.30. The fourth-order valence-electron chi connectivity index (χ4n) is 2.68. The molecular formula is C14H19FN2O4. The minimum atomic E-state index is -0.782. The second-order valence-corrected chi connectivity index (χ2v) is 5.15. The summed E-state index contributed by atoms with van der Waals surface area (Å²) in [6, 6.07) is 2.06. The van der Waals surface area contributed by atoms with Crippen LogP contribution in [-0.2, 0) is 0 Å². The van der Waals surface area contributed by atoms with Crippen LogP contribution in [0.4, 0.5) is 10.1 Å². The predicted molar refractivity (Wildman–Crippen MR) is 75.0 cm³/mol. The largest absolute Gasteiger partial charge is 0.494 e. The molecule has 6 nitrogen and oxygen atoms in total. The van der Waals surface area contributed by atoms with E-state index in [0.717, 1.165) is 31.7 Å². The molecule has 1 fully saturated rings. The minimum absolute atomic E-state index is 0.0311. The summed E-state index contributed by atoms with van der Waals surface area (Å²) in [4.78, 5) is 10.4. The van der Waals surface area contributed by atoms with E-state index in [2.05, 4.69) is 0 Å². The van der Waals surface area contributed by atoms with E-state index in [9.17, 15) is 14.5 Å². The molecule has 116 valence electrons. The number of methoxy groups -OCH3 is 1. The lowest BCUT2D eigenvalue weighted by Gasteiger charge is -2.30. The third-order valence-electron chi connectivity index (χ3n) is 3.85. The molecule has 2 unspecified atom stereocenters. The third kappa shape index (κ3) is 3.41. The van der Waals surface area contributed by atoms with Crippen LogP contribution in [0, 0.1) is 21.8 Å². The Labute approximate surface area is 122 Å². The number of ether oxygens (including phenoxy) is 2. The summed E-state index contributed by atoms with van der Waals surface area (Å²) in [6.07, 6.45) is 3.62. The molecule has 0 saturated heterocycles. The fourth-order valence-corrected chi connectivity index (χ4v) is 2.68. The van der Waals surface area contributed by atoms with Crippen molar-refractivity contribution in [2.75, 3.05) is 13.7 Å². The minimum Gasteiger partial charge on any atom is -0.494 e. The van der Waals surface area contributed by atoms with Gasteiger partial charge in [0, 0.05) is 12.0 Å². The topological polar surface area (TPSA) is 87.6 Å². The molecule has 2 N–H and O–H groups in total. The first-order valence-electron chi connectivity index (χ1n) is 6.95. The van der Waals surface area contributed by atoms with Gasteiger partial charge in [0.15, 0.2) is 11.6 Å². The molecule has 0 radical (unpaired) electrons. The molecular weight excluding hydrogens is 279 g/mol. The van der Waals surface area contributed by atoms with Crippen LogP contribution in [0.15, 0.2) is 12.1 Å². The zero-order valence-corrected chi connectivity index (χ0v) is 11.9. The molecule has 21 heavy (non-hydrogen) atoms. The van der Waals surface area contributed by atoms with Crippen molar-refractivity contribution in [3.05, 3.63) is 28.1 Å². The number of nitrogens with zero attached hydrogens (tertiary/aromatic N) is 1. The predicted octanol–water partition coefficient (Wildman–Crippen LogP) is 2.64. The second-order valence-electron chi connectivity index (χ2n) is 5.15. The van der Waals surface area contributed by atoms with Gasteiger partial charge in [0.05, 0.1) is 18.1 Å². The number of benzene rings is 1. The highest BCUT2D eigenvalue weighted by Gasteiger charge is 2.29. The van der Waals surface area contributed by atoms with Gasteiger partial charge in [-0.15, -0.1) is 0 Å². The molecule has 1 aliphatic carbocycles. The molecule has 0 amide bonds. The average Bonchev–Trinajstić information content (AvgIpc) is 2.48. The molecule has 0 heterocycles. The lowest BCUT2D eigenvalue weighted by atomic mass is 9.86. The summed E-state index contributed by atoms with van der Waals surface area (Å²) in [5.74, 6) is -0.663. The van der Waals surface area contributed by atoms with Crippen molar-refractivity contribution in [3.63, 3.8) is 0 Å². The van der Waals surface area contributed by atoms with Crippen LogP contribution in [0.1, 0.15) is 25.7 Å². The normalized spacial score (nSPS) is 21.9. The first kappa shape index (κ1) is 15.5. The Morgan fingerprint density at radius 1 is 1.38 bits per heavy atom. The lowest BCUT2D eigenvalue weighted by molar-refractivity contribution is -0.386. The number of nitro benzene ring substituents is 1. The van der Waals surface area contributed by atoms with Crippen LogP contribution in [0.3, 0.4) is 0 Å². The number of hydrogen-bond donors (Lipinski definition) is 1. The first-order valence-corrected chi connectivity index (χ1v) is 6.95. The van der Waals surface area contributed by atoms with E-state index in [1.807, 2.05) is 0 Å². The van der Waals surface area contributed by atoms with E-state index in [-0.39, 0.29) is 23.5 Å². The van der Waals surface area contributed by atoms with Crippen molar-refractivity contribution >= 4 is 5.69 Å². The molecule has 2 rings (SSSR count). The molecule has 0 aliphatic heterocycles. The Morgan fingerprint density at radius 3 is 2.71 bits per heavy atom. The maximum atomic E-state index is 13.6. The molecule has 1 saturated carbocycles. The van der Waals surface area contributed by atoms with Crippen molar-refractivity contribution in [2.45, 2.75) is 31.8 Å². The Bertz CT molecular complexity index is 524. The van der Waals surface area contributed by atoms with Crippen molar-refractivity contribution in [2.24, 2.45) is 11.7 Å². The lowest BCUT2D eigenvalue weighted by Crippen LogP contribution is -2.35. The van der Waals surface area contributed by atoms with Crippen LogP contribution in [0.2, 0.25) is 0 Å². The Hall–Kier alpha value is -1.89. The fraction of sp³-hybridized carbons (Fsp3) is 0.571. The Kier molecular flexibility index (Phi) is 4.95. The van der Waals surface area contributed by atoms with Crippen LogP contribution in [0.25, 0.3) is 0 Å². The van der Waals surface area contributed by atoms with Crippen LogP contribution in [-0.4, -0.2) is 24.7 Å². The molecule has 1 aromatic rings. The molecule has 0 bridgehead atoms. The standard InChI is InChI=1S/C14H19FN2O4/c1-20-13-7-14(11(17(18)19)6-10(13)15)21-12-5-3-2-4-9(12)8-16/h6-7,9,12H,2-5,8,16H2,1H3. The first-order chi connectivity index (χ1) is 10.1. The van der Waals surface area contributed by atoms with Crippen LogP contribution >= 0.6 is 0 Å². The Morgan fingerprint density at radius 2 is 2.10 bits per heavy atom. The number of rotatable bonds is 5. The highest BCUT2D eigenvalue weighted by atomic mass is 19.1. The van der Waals surface area contributed by atoms with E-state index in [1.165, 1.54) is 13.2 Å². The monoisotopic (exact) mass is 298 g/mol. The van der Waals surface area contributed by atoms with Gasteiger partial charge in [0.25, 0.3) is 0 Å². The highest BCUT2D eigenvalue weighted by Crippen LogP contribution is 2.37. The smallest absolute Gasteiger partial charge is 0.314 e. The van der Waals surface area contributed by atoms with E-state index in [1.54, 1.807) is 0 Å². The van der Waals surface area contributed by atoms with Crippen LogP contribution < -0.4 is 15.2 Å². The van der Waals surface area contributed by atoms with Gasteiger partial charge in [-0.1, -0.05) is 6.42 Å². The highest BCUT2D eigenvalue weighted by molar-refractivity contribution is 5.51. The van der Waals surface area contributed by atoms with Crippen molar-refractivity contribution in [1.82, 2.24) is 0 Å². The number of hydrogen-bond acceptors (Lipinski definition) is 5. The van der Waals surface area contributed by atoms with Gasteiger partial charge in [0.2, 0.25) is 5.75 Å². The van der Waals surface area contributed by atoms with E-state index < -0.39 is 16.4 Å². The maximum Gasteiger partial charge on any atom is 0.314 e. The second kappa shape index (κ2) is 6.71. The third-order valence-corrected chi connectivity index (χ3v) is 3.85. The van der Waals surface area contributed by atoms with Gasteiger partial charge in [0.1, 0.15) is 6.10 Å². The summed E-state index contributed by atoms with van der Waals surface area (Å²) in [7, 11) is 1.30. The van der Waals surface area contributed by atoms with E-state index in [0.29, 0.717) is 6.54 Å². The van der Waals surface area contributed by atoms with E-state index >= 15 is 0 Å². The zero-order valence-electron chi connectivity index (χ0n) is 11.9. The van der Waals surface area contributed by atoms with Gasteiger partial charge in [-0.25, -0.2) is 4.39 Å². The SMILES string of the molecule is COc1cc(OC2CCCCC2CN)c([N+](=O)[O-])cc1F. The average molecular weight is 298 g/mol. The zero-order chi connectivity index (χ0) is 15.4. The van der Waals surface area contributed by atoms with Gasteiger partial charge in [-0.3, -0.25) is 10.1 Å². The molecule has 0 aromatic heterocycles. The van der Waals surface area contributed by atoms with Gasteiger partial charge in [-0.05, 0) is 25.8 Å². The summed E-state index contributed by atoms with van der Waals surface area (Å²) >= 11 is 0. The molecule has 1 aliphatic rings. The summed E-state index contributed by atoms with van der Waals surface area (Å²) < 4.78 is 24.2. The van der Waals surface area contributed by atoms with E-state index in [4.69, 9.17) is 15.2 Å². The summed E-state index contributed by atoms with van der Waals surface area (Å²) in [6.45, 7) is 0.469. The number of nitrogens with two attached hydrogens (primary N) is 1. The maximum absolute atomic E-state index is 13.6. The van der Waals surface area contributed by atoms with Crippen molar-refractivity contribution in [3.8, 4) is 11.5 Å². The van der Waals surface area contributed by atoms with Crippen molar-refractivity contribution < 1.29 is 18.8 Å². The number of halogens is 1. The van der Waals surface area contributed by atoms with Gasteiger partial charge >= 0.3 is 5.69 Å². The summed E-state index contributed by atoms with van der Waals surface area (Å²) in [5, 5.41) is 11.1. The molecule has 7 heteroatoms. The molecule has 1 aromatic carbocycles. The van der Waals surface area contributed by atoms with Crippen LogP contribution in [0.5, 0.6) is 11.5 Å². The van der Waals surface area contributed by atoms with Gasteiger partial charge in [-0.2, -0.15) is 0 Å². The van der Waals surface area contributed by atoms with Gasteiger partial charge < -0.3 is 15.2 Å². The molecule has 0 spiro atoms. The molecule has 2 atom stereocenters. The quantitative estimate of drug-likeness (QED) is 0.667. The van der Waals surface area contributed by atoms with Crippen molar-refractivity contribution in [1.29, 1.82) is 0 Å². The summed E-state index contributed by atoms with van der Waals surface area (Å²) in [5.41, 5.74) is 5.33.